The molecule has 0 heterocycles. The van der Waals surface area contributed by atoms with Gasteiger partial charge in [0, 0.05) is 5.41 Å². The minimum Gasteiger partial charge on any atom is -0.0742 e. The van der Waals surface area contributed by atoms with Gasteiger partial charge in [0.25, 0.3) is 0 Å². The van der Waals surface area contributed by atoms with Gasteiger partial charge in [-0.15, -0.1) is 0 Å². The number of hydrogen-bond donors (Lipinski definition) is 0. The SMILES string of the molecule is CC(C)(C)C1(C)C=CC=c2c(c3ccccc3c3ccccc23)=C1. The van der Waals surface area contributed by atoms with Crippen molar-refractivity contribution in [2.75, 3.05) is 0 Å². The molecule has 0 fully saturated rings. The van der Waals surface area contributed by atoms with Gasteiger partial charge < -0.3 is 0 Å². The quantitative estimate of drug-likeness (QED) is 0.502. The molecule has 3 aromatic rings. The first-order chi connectivity index (χ1) is 11.4. The molecule has 0 N–H and O–H groups in total. The summed E-state index contributed by atoms with van der Waals surface area (Å²) in [4.78, 5) is 0. The number of fused-ring (bicyclic) bond motifs is 6. The molecule has 4 rings (SSSR count). The average Bonchev–Trinajstić information content (AvgIpc) is 2.75. The van der Waals surface area contributed by atoms with Gasteiger partial charge in [-0.2, -0.15) is 0 Å². The lowest BCUT2D eigenvalue weighted by Gasteiger charge is -2.37. The monoisotopic (exact) mass is 312 g/mol. The van der Waals surface area contributed by atoms with Gasteiger partial charge in [0.05, 0.1) is 0 Å². The highest BCUT2D eigenvalue weighted by Gasteiger charge is 2.33. The van der Waals surface area contributed by atoms with Crippen LogP contribution >= 0.6 is 0 Å². The predicted octanol–water partition coefficient (Wildman–Crippen LogP) is 5.18. The van der Waals surface area contributed by atoms with E-state index in [1.54, 1.807) is 0 Å². The van der Waals surface area contributed by atoms with Crippen molar-refractivity contribution in [3.63, 3.8) is 0 Å². The third kappa shape index (κ3) is 2.13. The normalized spacial score (nSPS) is 20.3. The lowest BCUT2D eigenvalue weighted by Crippen LogP contribution is -2.34. The molecule has 0 saturated carbocycles. The second kappa shape index (κ2) is 5.08. The van der Waals surface area contributed by atoms with Gasteiger partial charge in [0.2, 0.25) is 0 Å². The summed E-state index contributed by atoms with van der Waals surface area (Å²) >= 11 is 0. The number of allylic oxidation sites excluding steroid dienone is 2. The maximum absolute atomic E-state index is 2.48. The minimum atomic E-state index is 0.0139. The Hall–Kier alpha value is -2.34. The molecule has 3 aromatic carbocycles. The summed E-state index contributed by atoms with van der Waals surface area (Å²) in [5, 5.41) is 8.08. The van der Waals surface area contributed by atoms with Crippen LogP contribution in [0.25, 0.3) is 33.7 Å². The highest BCUT2D eigenvalue weighted by atomic mass is 14.4. The molecule has 0 aromatic heterocycles. The first-order valence-electron chi connectivity index (χ1n) is 8.73. The standard InChI is InChI=1S/C24H24/c1-23(2,3)24(4)15-9-14-21-19-12-6-5-10-17(19)18-11-7-8-13-20(18)22(21)16-24/h5-16H,1-4H3. The maximum atomic E-state index is 2.48. The number of rotatable bonds is 0. The van der Waals surface area contributed by atoms with Crippen LogP contribution in [0.1, 0.15) is 27.7 Å². The fourth-order valence-electron chi connectivity index (χ4n) is 3.69. The van der Waals surface area contributed by atoms with Crippen LogP contribution in [-0.2, 0) is 0 Å². The third-order valence-corrected chi connectivity index (χ3v) is 5.78. The van der Waals surface area contributed by atoms with Crippen molar-refractivity contribution in [2.45, 2.75) is 27.7 Å². The van der Waals surface area contributed by atoms with Gasteiger partial charge in [-0.1, -0.05) is 101 Å². The summed E-state index contributed by atoms with van der Waals surface area (Å²) in [5.74, 6) is 0. The van der Waals surface area contributed by atoms with Crippen LogP contribution in [0.3, 0.4) is 0 Å². The van der Waals surface area contributed by atoms with Gasteiger partial charge in [0.1, 0.15) is 0 Å². The number of benzene rings is 3. The lowest BCUT2D eigenvalue weighted by molar-refractivity contribution is 0.246. The molecule has 1 aliphatic carbocycles. The fraction of sp³-hybridized carbons (Fsp3) is 0.250. The van der Waals surface area contributed by atoms with Crippen LogP contribution in [0.4, 0.5) is 0 Å². The van der Waals surface area contributed by atoms with Crippen molar-refractivity contribution in [2.24, 2.45) is 10.8 Å². The zero-order valence-corrected chi connectivity index (χ0v) is 14.9. The Labute approximate surface area is 143 Å². The van der Waals surface area contributed by atoms with Gasteiger partial charge in [0.15, 0.2) is 0 Å². The third-order valence-electron chi connectivity index (χ3n) is 5.78. The predicted molar refractivity (Wildman–Crippen MR) is 106 cm³/mol. The summed E-state index contributed by atoms with van der Waals surface area (Å²) < 4.78 is 0. The highest BCUT2D eigenvalue weighted by molar-refractivity contribution is 6.08. The van der Waals surface area contributed by atoms with E-state index in [1.165, 1.54) is 32.0 Å². The summed E-state index contributed by atoms with van der Waals surface area (Å²) in [6.45, 7) is 9.31. The summed E-state index contributed by atoms with van der Waals surface area (Å²) in [5.41, 5.74) is 0.172. The van der Waals surface area contributed by atoms with Gasteiger partial charge in [-0.25, -0.2) is 0 Å². The smallest absolute Gasteiger partial charge is 0.00936 e. The Morgan fingerprint density at radius 2 is 1.21 bits per heavy atom. The van der Waals surface area contributed by atoms with Crippen molar-refractivity contribution in [1.82, 2.24) is 0 Å². The summed E-state index contributed by atoms with van der Waals surface area (Å²) in [6.07, 6.45) is 9.38. The molecule has 0 radical (unpaired) electrons. The zero-order valence-electron chi connectivity index (χ0n) is 14.9. The second-order valence-corrected chi connectivity index (χ2v) is 8.12. The summed E-state index contributed by atoms with van der Waals surface area (Å²) in [6, 6.07) is 17.6. The molecule has 120 valence electrons. The van der Waals surface area contributed by atoms with Crippen molar-refractivity contribution < 1.29 is 0 Å². The fourth-order valence-corrected chi connectivity index (χ4v) is 3.69. The van der Waals surface area contributed by atoms with Gasteiger partial charge in [-0.05, 0) is 37.4 Å². The molecule has 0 heteroatoms. The van der Waals surface area contributed by atoms with E-state index >= 15 is 0 Å². The van der Waals surface area contributed by atoms with Crippen LogP contribution in [0.5, 0.6) is 0 Å². The molecule has 1 aliphatic rings. The molecule has 24 heavy (non-hydrogen) atoms. The van der Waals surface area contributed by atoms with Crippen molar-refractivity contribution in [3.8, 4) is 0 Å². The van der Waals surface area contributed by atoms with Gasteiger partial charge in [-0.3, -0.25) is 0 Å². The van der Waals surface area contributed by atoms with E-state index in [-0.39, 0.29) is 10.8 Å². The second-order valence-electron chi connectivity index (χ2n) is 8.12. The first kappa shape index (κ1) is 15.2. The average molecular weight is 312 g/mol. The van der Waals surface area contributed by atoms with Crippen LogP contribution in [0.2, 0.25) is 0 Å². The highest BCUT2D eigenvalue weighted by Crippen LogP contribution is 2.41. The Morgan fingerprint density at radius 3 is 1.75 bits per heavy atom. The molecule has 0 spiro atoms. The zero-order chi connectivity index (χ0) is 16.9. The van der Waals surface area contributed by atoms with Crippen LogP contribution < -0.4 is 10.4 Å². The molecule has 0 nitrogen and oxygen atoms in total. The Balaban J connectivity index is 2.29. The Kier molecular flexibility index (Phi) is 3.22. The topological polar surface area (TPSA) is 0 Å². The molecular formula is C24H24. The van der Waals surface area contributed by atoms with E-state index < -0.39 is 0 Å². The van der Waals surface area contributed by atoms with E-state index in [4.69, 9.17) is 0 Å². The Morgan fingerprint density at radius 1 is 0.708 bits per heavy atom. The number of hydrogen-bond acceptors (Lipinski definition) is 0. The van der Waals surface area contributed by atoms with E-state index in [0.717, 1.165) is 0 Å². The largest absolute Gasteiger partial charge is 0.0742 e. The first-order valence-corrected chi connectivity index (χ1v) is 8.73. The van der Waals surface area contributed by atoms with Crippen LogP contribution in [-0.4, -0.2) is 0 Å². The van der Waals surface area contributed by atoms with E-state index in [2.05, 4.69) is 101 Å². The maximum Gasteiger partial charge on any atom is 0.00936 e. The lowest BCUT2D eigenvalue weighted by atomic mass is 9.67. The molecule has 1 unspecified atom stereocenters. The van der Waals surface area contributed by atoms with E-state index in [1.807, 2.05) is 0 Å². The molecule has 1 atom stereocenters. The van der Waals surface area contributed by atoms with Crippen molar-refractivity contribution in [1.29, 1.82) is 0 Å². The molecule has 0 aliphatic heterocycles. The van der Waals surface area contributed by atoms with Crippen LogP contribution in [0.15, 0.2) is 60.7 Å². The van der Waals surface area contributed by atoms with Crippen molar-refractivity contribution >= 4 is 33.7 Å². The molecular weight excluding hydrogens is 288 g/mol. The van der Waals surface area contributed by atoms with Crippen LogP contribution in [0, 0.1) is 10.8 Å². The minimum absolute atomic E-state index is 0.0139. The van der Waals surface area contributed by atoms with Gasteiger partial charge >= 0.3 is 0 Å². The summed E-state index contributed by atoms with van der Waals surface area (Å²) in [7, 11) is 0. The van der Waals surface area contributed by atoms with Crippen molar-refractivity contribution in [3.05, 3.63) is 71.1 Å². The molecule has 0 amide bonds. The van der Waals surface area contributed by atoms with E-state index in [0.29, 0.717) is 0 Å². The molecule has 0 saturated heterocycles. The van der Waals surface area contributed by atoms with E-state index in [9.17, 15) is 0 Å². The molecule has 0 bridgehead atoms. The Bertz CT molecular complexity index is 1090.